The lowest BCUT2D eigenvalue weighted by Gasteiger charge is -2.21. The van der Waals surface area contributed by atoms with Gasteiger partial charge in [-0.2, -0.15) is 13.2 Å². The first-order valence-corrected chi connectivity index (χ1v) is 5.29. The van der Waals surface area contributed by atoms with E-state index in [-0.39, 0.29) is 5.41 Å². The molecule has 0 spiro atoms. The second-order valence-electron chi connectivity index (χ2n) is 5.14. The number of hydrogen-bond donors (Lipinski definition) is 0. The second-order valence-corrected chi connectivity index (χ2v) is 5.14. The summed E-state index contributed by atoms with van der Waals surface area (Å²) in [5.74, 6) is -1.40. The Kier molecular flexibility index (Phi) is 3.36. The Morgan fingerprint density at radius 2 is 1.38 bits per heavy atom. The van der Waals surface area contributed by atoms with Gasteiger partial charge >= 0.3 is 6.18 Å². The third-order valence-corrected chi connectivity index (χ3v) is 2.77. The normalized spacial score (nSPS) is 14.9. The summed E-state index contributed by atoms with van der Waals surface area (Å²) in [6.45, 7) is 7.30. The molecular weight excluding hydrogens is 213 g/mol. The highest BCUT2D eigenvalue weighted by Gasteiger charge is 2.36. The summed E-state index contributed by atoms with van der Waals surface area (Å²) < 4.78 is 37.4. The number of benzene rings is 1. The lowest BCUT2D eigenvalue weighted by atomic mass is 9.86. The van der Waals surface area contributed by atoms with Gasteiger partial charge in [-0.15, -0.1) is 0 Å². The molecule has 90 valence electrons. The molecule has 1 unspecified atom stereocenters. The van der Waals surface area contributed by atoms with Crippen LogP contribution >= 0.6 is 0 Å². The molecule has 3 heteroatoms. The van der Waals surface area contributed by atoms with Crippen LogP contribution in [0.3, 0.4) is 0 Å². The molecule has 0 aliphatic heterocycles. The molecule has 0 fully saturated rings. The van der Waals surface area contributed by atoms with E-state index in [1.807, 2.05) is 20.8 Å². The zero-order valence-electron chi connectivity index (χ0n) is 10.0. The summed E-state index contributed by atoms with van der Waals surface area (Å²) in [6.07, 6.45) is -4.16. The Morgan fingerprint density at radius 1 is 0.938 bits per heavy atom. The minimum absolute atomic E-state index is 0.0278. The monoisotopic (exact) mass is 230 g/mol. The SMILES string of the molecule is CC(c1ccc(C(C)(C)C)cc1)C(F)(F)F. The van der Waals surface area contributed by atoms with Gasteiger partial charge in [0.2, 0.25) is 0 Å². The largest absolute Gasteiger partial charge is 0.395 e. The molecule has 0 aliphatic rings. The summed E-state index contributed by atoms with van der Waals surface area (Å²) in [5, 5.41) is 0. The first kappa shape index (κ1) is 13.1. The molecule has 0 heterocycles. The Hall–Kier alpha value is -0.990. The Morgan fingerprint density at radius 3 is 1.69 bits per heavy atom. The van der Waals surface area contributed by atoms with Gasteiger partial charge in [-0.3, -0.25) is 0 Å². The summed E-state index contributed by atoms with van der Waals surface area (Å²) in [7, 11) is 0. The fraction of sp³-hybridized carbons (Fsp3) is 0.538. The van der Waals surface area contributed by atoms with Crippen LogP contribution in [0.15, 0.2) is 24.3 Å². The average Bonchev–Trinajstić information content (AvgIpc) is 2.14. The standard InChI is InChI=1S/C13H17F3/c1-9(13(14,15)16)10-5-7-11(8-6-10)12(2,3)4/h5-9H,1-4H3. The Labute approximate surface area is 94.5 Å². The van der Waals surface area contributed by atoms with Crippen molar-refractivity contribution in [1.29, 1.82) is 0 Å². The number of halogens is 3. The first-order chi connectivity index (χ1) is 7.12. The predicted octanol–water partition coefficient (Wildman–Crippen LogP) is 4.65. The van der Waals surface area contributed by atoms with Crippen LogP contribution in [0.1, 0.15) is 44.7 Å². The summed E-state index contributed by atoms with van der Waals surface area (Å²) >= 11 is 0. The van der Waals surface area contributed by atoms with Crippen LogP contribution in [0.5, 0.6) is 0 Å². The van der Waals surface area contributed by atoms with Gasteiger partial charge in [0.25, 0.3) is 0 Å². The molecule has 0 saturated heterocycles. The predicted molar refractivity (Wildman–Crippen MR) is 59.6 cm³/mol. The van der Waals surface area contributed by atoms with E-state index in [1.165, 1.54) is 6.92 Å². The number of rotatable bonds is 1. The van der Waals surface area contributed by atoms with Crippen LogP contribution in [-0.4, -0.2) is 6.18 Å². The Balaban J connectivity index is 2.96. The van der Waals surface area contributed by atoms with Gasteiger partial charge in [-0.25, -0.2) is 0 Å². The summed E-state index contributed by atoms with van der Waals surface area (Å²) in [4.78, 5) is 0. The minimum Gasteiger partial charge on any atom is -0.170 e. The summed E-state index contributed by atoms with van der Waals surface area (Å²) in [5.41, 5.74) is 1.34. The van der Waals surface area contributed by atoms with Gasteiger partial charge < -0.3 is 0 Å². The number of hydrogen-bond acceptors (Lipinski definition) is 0. The van der Waals surface area contributed by atoms with E-state index in [2.05, 4.69) is 0 Å². The van der Waals surface area contributed by atoms with Gasteiger partial charge in [0, 0.05) is 0 Å². The summed E-state index contributed by atoms with van der Waals surface area (Å²) in [6, 6.07) is 6.69. The highest BCUT2D eigenvalue weighted by Crippen LogP contribution is 2.35. The van der Waals surface area contributed by atoms with Crippen LogP contribution in [0.25, 0.3) is 0 Å². The molecule has 0 bridgehead atoms. The van der Waals surface area contributed by atoms with Gasteiger partial charge in [0.15, 0.2) is 0 Å². The van der Waals surface area contributed by atoms with Crippen molar-refractivity contribution in [2.75, 3.05) is 0 Å². The fourth-order valence-corrected chi connectivity index (χ4v) is 1.46. The average molecular weight is 230 g/mol. The van der Waals surface area contributed by atoms with E-state index in [1.54, 1.807) is 24.3 Å². The van der Waals surface area contributed by atoms with Crippen molar-refractivity contribution in [2.24, 2.45) is 0 Å². The van der Waals surface area contributed by atoms with E-state index in [0.29, 0.717) is 5.56 Å². The van der Waals surface area contributed by atoms with Crippen molar-refractivity contribution in [3.63, 3.8) is 0 Å². The smallest absolute Gasteiger partial charge is 0.170 e. The van der Waals surface area contributed by atoms with Crippen LogP contribution in [0.2, 0.25) is 0 Å². The van der Waals surface area contributed by atoms with Gasteiger partial charge in [0.1, 0.15) is 0 Å². The van der Waals surface area contributed by atoms with E-state index in [9.17, 15) is 13.2 Å². The van der Waals surface area contributed by atoms with Crippen LogP contribution < -0.4 is 0 Å². The second kappa shape index (κ2) is 4.11. The molecule has 0 radical (unpaired) electrons. The van der Waals surface area contributed by atoms with Crippen molar-refractivity contribution < 1.29 is 13.2 Å². The van der Waals surface area contributed by atoms with Crippen molar-refractivity contribution in [1.82, 2.24) is 0 Å². The van der Waals surface area contributed by atoms with E-state index >= 15 is 0 Å². The van der Waals surface area contributed by atoms with Crippen molar-refractivity contribution >= 4 is 0 Å². The molecule has 0 N–H and O–H groups in total. The van der Waals surface area contributed by atoms with E-state index in [0.717, 1.165) is 5.56 Å². The molecule has 0 saturated carbocycles. The van der Waals surface area contributed by atoms with Gasteiger partial charge in [0.05, 0.1) is 5.92 Å². The lowest BCUT2D eigenvalue weighted by Crippen LogP contribution is -2.18. The third kappa shape index (κ3) is 3.00. The highest BCUT2D eigenvalue weighted by atomic mass is 19.4. The van der Waals surface area contributed by atoms with E-state index < -0.39 is 12.1 Å². The first-order valence-electron chi connectivity index (χ1n) is 5.29. The minimum atomic E-state index is -4.16. The van der Waals surface area contributed by atoms with Crippen molar-refractivity contribution in [3.05, 3.63) is 35.4 Å². The van der Waals surface area contributed by atoms with Gasteiger partial charge in [-0.05, 0) is 23.5 Å². The zero-order valence-corrected chi connectivity index (χ0v) is 10.0. The highest BCUT2D eigenvalue weighted by molar-refractivity contribution is 5.29. The molecular formula is C13H17F3. The fourth-order valence-electron chi connectivity index (χ4n) is 1.46. The van der Waals surface area contributed by atoms with Gasteiger partial charge in [-0.1, -0.05) is 45.0 Å². The lowest BCUT2D eigenvalue weighted by molar-refractivity contribution is -0.146. The maximum Gasteiger partial charge on any atom is 0.395 e. The van der Waals surface area contributed by atoms with Crippen molar-refractivity contribution in [3.8, 4) is 0 Å². The van der Waals surface area contributed by atoms with Crippen molar-refractivity contribution in [2.45, 2.75) is 45.2 Å². The molecule has 0 aromatic heterocycles. The van der Waals surface area contributed by atoms with Crippen LogP contribution in [-0.2, 0) is 5.41 Å². The maximum atomic E-state index is 12.5. The number of alkyl halides is 3. The maximum absolute atomic E-state index is 12.5. The zero-order chi connectivity index (χ0) is 12.6. The third-order valence-electron chi connectivity index (χ3n) is 2.77. The molecule has 0 amide bonds. The molecule has 1 rings (SSSR count). The molecule has 1 atom stereocenters. The van der Waals surface area contributed by atoms with E-state index in [4.69, 9.17) is 0 Å². The molecule has 1 aromatic carbocycles. The quantitative estimate of drug-likeness (QED) is 0.658. The molecule has 0 nitrogen and oxygen atoms in total. The van der Waals surface area contributed by atoms with Crippen LogP contribution in [0, 0.1) is 0 Å². The van der Waals surface area contributed by atoms with Crippen LogP contribution in [0.4, 0.5) is 13.2 Å². The molecule has 1 aromatic rings. The topological polar surface area (TPSA) is 0 Å². The Bertz CT molecular complexity index is 341. The molecule has 16 heavy (non-hydrogen) atoms. The molecule has 0 aliphatic carbocycles.